The SMILES string of the molecule is CC(c1cccs1)N(C)CCCCC(=O)O.Cl. The summed E-state index contributed by atoms with van der Waals surface area (Å²) >= 11 is 1.77. The molecule has 1 atom stereocenters. The Morgan fingerprint density at radius 3 is 2.76 bits per heavy atom. The molecule has 0 spiro atoms. The van der Waals surface area contributed by atoms with Crippen molar-refractivity contribution in [2.24, 2.45) is 0 Å². The van der Waals surface area contributed by atoms with Gasteiger partial charge in [0.05, 0.1) is 0 Å². The third-order valence-corrected chi connectivity index (χ3v) is 3.81. The average molecular weight is 278 g/mol. The zero-order valence-corrected chi connectivity index (χ0v) is 11.9. The highest BCUT2D eigenvalue weighted by Crippen LogP contribution is 2.23. The molecule has 17 heavy (non-hydrogen) atoms. The summed E-state index contributed by atoms with van der Waals surface area (Å²) in [5.74, 6) is -0.700. The minimum Gasteiger partial charge on any atom is -0.481 e. The predicted molar refractivity (Wildman–Crippen MR) is 74.1 cm³/mol. The molecule has 1 rings (SSSR count). The second kappa shape index (κ2) is 8.50. The lowest BCUT2D eigenvalue weighted by Crippen LogP contribution is -2.23. The summed E-state index contributed by atoms with van der Waals surface area (Å²) in [7, 11) is 2.09. The molecule has 3 nitrogen and oxygen atoms in total. The van der Waals surface area contributed by atoms with Gasteiger partial charge in [-0.25, -0.2) is 0 Å². The van der Waals surface area contributed by atoms with Gasteiger partial charge in [0.15, 0.2) is 0 Å². The van der Waals surface area contributed by atoms with Crippen LogP contribution in [0.15, 0.2) is 17.5 Å². The second-order valence-corrected chi connectivity index (χ2v) is 5.00. The van der Waals surface area contributed by atoms with Gasteiger partial charge in [0.25, 0.3) is 0 Å². The van der Waals surface area contributed by atoms with Crippen LogP contribution in [0.2, 0.25) is 0 Å². The van der Waals surface area contributed by atoms with Gasteiger partial charge in [-0.1, -0.05) is 6.07 Å². The Morgan fingerprint density at radius 2 is 2.24 bits per heavy atom. The summed E-state index contributed by atoms with van der Waals surface area (Å²) in [5.41, 5.74) is 0. The molecule has 0 radical (unpaired) electrons. The first-order valence-electron chi connectivity index (χ1n) is 5.56. The number of aliphatic carboxylic acids is 1. The lowest BCUT2D eigenvalue weighted by atomic mass is 10.2. The fourth-order valence-electron chi connectivity index (χ4n) is 1.58. The van der Waals surface area contributed by atoms with E-state index in [1.165, 1.54) is 4.88 Å². The maximum Gasteiger partial charge on any atom is 0.303 e. The molecule has 1 aromatic rings. The molecular formula is C12H20ClNO2S. The molecule has 1 heterocycles. The van der Waals surface area contributed by atoms with Crippen LogP contribution < -0.4 is 0 Å². The van der Waals surface area contributed by atoms with Crippen molar-refractivity contribution in [3.05, 3.63) is 22.4 Å². The van der Waals surface area contributed by atoms with Gasteiger partial charge in [-0.15, -0.1) is 23.7 Å². The summed E-state index contributed by atoms with van der Waals surface area (Å²) in [6, 6.07) is 4.63. The topological polar surface area (TPSA) is 40.5 Å². The van der Waals surface area contributed by atoms with E-state index in [1.807, 2.05) is 0 Å². The molecule has 1 unspecified atom stereocenters. The van der Waals surface area contributed by atoms with E-state index in [2.05, 4.69) is 36.4 Å². The Balaban J connectivity index is 0.00000256. The Kier molecular flexibility index (Phi) is 8.21. The number of hydrogen-bond acceptors (Lipinski definition) is 3. The van der Waals surface area contributed by atoms with Gasteiger partial charge in [-0.05, 0) is 44.8 Å². The van der Waals surface area contributed by atoms with Crippen LogP contribution in [0.4, 0.5) is 0 Å². The van der Waals surface area contributed by atoms with E-state index in [9.17, 15) is 4.79 Å². The minimum absolute atomic E-state index is 0. The van der Waals surface area contributed by atoms with Crippen LogP contribution in [-0.4, -0.2) is 29.6 Å². The third-order valence-electron chi connectivity index (χ3n) is 2.77. The van der Waals surface area contributed by atoms with Crippen LogP contribution in [0, 0.1) is 0 Å². The molecule has 1 aromatic heterocycles. The number of thiophene rings is 1. The molecule has 0 bridgehead atoms. The van der Waals surface area contributed by atoms with Crippen molar-refractivity contribution in [3.8, 4) is 0 Å². The van der Waals surface area contributed by atoms with Gasteiger partial charge in [0, 0.05) is 17.3 Å². The normalized spacial score (nSPS) is 12.2. The van der Waals surface area contributed by atoms with E-state index in [4.69, 9.17) is 5.11 Å². The Hall–Kier alpha value is -0.580. The number of carbonyl (C=O) groups is 1. The van der Waals surface area contributed by atoms with E-state index < -0.39 is 5.97 Å². The molecule has 98 valence electrons. The maximum absolute atomic E-state index is 10.4. The van der Waals surface area contributed by atoms with Gasteiger partial charge in [0.1, 0.15) is 0 Å². The van der Waals surface area contributed by atoms with Crippen LogP contribution in [0.1, 0.15) is 37.1 Å². The number of rotatable bonds is 7. The lowest BCUT2D eigenvalue weighted by molar-refractivity contribution is -0.137. The summed E-state index contributed by atoms with van der Waals surface area (Å²) in [6.07, 6.45) is 1.98. The van der Waals surface area contributed by atoms with Crippen molar-refractivity contribution in [1.29, 1.82) is 0 Å². The molecule has 1 N–H and O–H groups in total. The first-order chi connectivity index (χ1) is 7.61. The fourth-order valence-corrected chi connectivity index (χ4v) is 2.43. The number of carboxylic acid groups (broad SMARTS) is 1. The lowest BCUT2D eigenvalue weighted by Gasteiger charge is -2.23. The first kappa shape index (κ1) is 16.4. The Morgan fingerprint density at radius 1 is 1.53 bits per heavy atom. The molecule has 0 aliphatic carbocycles. The Labute approximate surface area is 113 Å². The summed E-state index contributed by atoms with van der Waals surface area (Å²) in [6.45, 7) is 3.13. The fraction of sp³-hybridized carbons (Fsp3) is 0.583. The van der Waals surface area contributed by atoms with E-state index in [0.717, 1.165) is 19.4 Å². The van der Waals surface area contributed by atoms with Gasteiger partial charge in [-0.2, -0.15) is 0 Å². The molecule has 0 aliphatic heterocycles. The minimum atomic E-state index is -0.700. The van der Waals surface area contributed by atoms with Crippen LogP contribution in [0.25, 0.3) is 0 Å². The first-order valence-corrected chi connectivity index (χ1v) is 6.44. The van der Waals surface area contributed by atoms with Crippen LogP contribution in [0.3, 0.4) is 0 Å². The van der Waals surface area contributed by atoms with E-state index in [0.29, 0.717) is 6.04 Å². The monoisotopic (exact) mass is 277 g/mol. The quantitative estimate of drug-likeness (QED) is 0.777. The molecule has 0 amide bonds. The smallest absolute Gasteiger partial charge is 0.303 e. The molecule has 5 heteroatoms. The standard InChI is InChI=1S/C12H19NO2S.ClH/c1-10(11-6-5-9-16-11)13(2)8-4-3-7-12(14)15;/h5-6,9-10H,3-4,7-8H2,1-2H3,(H,14,15);1H. The van der Waals surface area contributed by atoms with Gasteiger partial charge < -0.3 is 5.11 Å². The third kappa shape index (κ3) is 6.05. The molecule has 0 aliphatic rings. The highest BCUT2D eigenvalue weighted by atomic mass is 35.5. The van der Waals surface area contributed by atoms with E-state index >= 15 is 0 Å². The van der Waals surface area contributed by atoms with Gasteiger partial charge in [0.2, 0.25) is 0 Å². The Bertz CT molecular complexity index is 316. The number of unbranched alkanes of at least 4 members (excludes halogenated alkanes) is 1. The van der Waals surface area contributed by atoms with Crippen molar-refractivity contribution < 1.29 is 9.90 Å². The molecular weight excluding hydrogens is 258 g/mol. The highest BCUT2D eigenvalue weighted by molar-refractivity contribution is 7.10. The predicted octanol–water partition coefficient (Wildman–Crippen LogP) is 3.42. The average Bonchev–Trinajstić information content (AvgIpc) is 2.76. The number of nitrogens with zero attached hydrogens (tertiary/aromatic N) is 1. The van der Waals surface area contributed by atoms with Crippen molar-refractivity contribution in [2.75, 3.05) is 13.6 Å². The maximum atomic E-state index is 10.4. The van der Waals surface area contributed by atoms with Crippen molar-refractivity contribution in [1.82, 2.24) is 4.90 Å². The van der Waals surface area contributed by atoms with Gasteiger partial charge in [-0.3, -0.25) is 9.69 Å². The molecule has 0 aromatic carbocycles. The van der Waals surface area contributed by atoms with Crippen LogP contribution in [-0.2, 0) is 4.79 Å². The van der Waals surface area contributed by atoms with Crippen molar-refractivity contribution in [3.63, 3.8) is 0 Å². The zero-order valence-electron chi connectivity index (χ0n) is 10.3. The summed E-state index contributed by atoms with van der Waals surface area (Å²) < 4.78 is 0. The number of carboxylic acids is 1. The number of halogens is 1. The molecule has 0 saturated heterocycles. The largest absolute Gasteiger partial charge is 0.481 e. The van der Waals surface area contributed by atoms with Crippen molar-refractivity contribution >= 4 is 29.7 Å². The highest BCUT2D eigenvalue weighted by Gasteiger charge is 2.11. The molecule has 0 saturated carbocycles. The molecule has 0 fully saturated rings. The summed E-state index contributed by atoms with van der Waals surface area (Å²) in [4.78, 5) is 14.0. The van der Waals surface area contributed by atoms with Crippen LogP contribution in [0.5, 0.6) is 0 Å². The van der Waals surface area contributed by atoms with Gasteiger partial charge >= 0.3 is 5.97 Å². The second-order valence-electron chi connectivity index (χ2n) is 4.02. The number of hydrogen-bond donors (Lipinski definition) is 1. The zero-order chi connectivity index (χ0) is 12.0. The van der Waals surface area contributed by atoms with E-state index in [1.54, 1.807) is 11.3 Å². The van der Waals surface area contributed by atoms with E-state index in [-0.39, 0.29) is 18.8 Å². The summed E-state index contributed by atoms with van der Waals surface area (Å²) in [5, 5.41) is 10.6. The van der Waals surface area contributed by atoms with Crippen LogP contribution >= 0.6 is 23.7 Å². The van der Waals surface area contributed by atoms with Crippen molar-refractivity contribution in [2.45, 2.75) is 32.2 Å².